The Bertz CT molecular complexity index is 481. The first kappa shape index (κ1) is 11.5. The quantitative estimate of drug-likeness (QED) is 0.602. The molecular formula is C11H11NO5. The van der Waals surface area contributed by atoms with Gasteiger partial charge in [-0.2, -0.15) is 0 Å². The maximum atomic E-state index is 10.9. The number of benzene rings is 1. The number of aliphatic carboxylic acids is 1. The zero-order chi connectivity index (χ0) is 12.6. The number of nitro groups is 1. The highest BCUT2D eigenvalue weighted by Gasteiger charge is 2.56. The molecule has 0 heterocycles. The number of aliphatic hydroxyl groups excluding tert-OH is 1. The Morgan fingerprint density at radius 3 is 2.47 bits per heavy atom. The highest BCUT2D eigenvalue weighted by Crippen LogP contribution is 2.53. The van der Waals surface area contributed by atoms with Crippen LogP contribution in [0.5, 0.6) is 0 Å². The normalized spacial score (nSPS) is 18.4. The number of carboxylic acid groups (broad SMARTS) is 1. The van der Waals surface area contributed by atoms with Crippen LogP contribution in [-0.2, 0) is 10.2 Å². The molecule has 2 N–H and O–H groups in total. The first-order valence-corrected chi connectivity index (χ1v) is 5.14. The van der Waals surface area contributed by atoms with Gasteiger partial charge in [-0.3, -0.25) is 10.1 Å². The van der Waals surface area contributed by atoms with Crippen molar-refractivity contribution in [3.63, 3.8) is 0 Å². The fraction of sp³-hybridized carbons (Fsp3) is 0.364. The Kier molecular flexibility index (Phi) is 2.59. The molecule has 1 fully saturated rings. The van der Waals surface area contributed by atoms with Gasteiger partial charge in [-0.1, -0.05) is 18.2 Å². The smallest absolute Gasteiger partial charge is 0.333 e. The van der Waals surface area contributed by atoms with Crippen LogP contribution in [0.4, 0.5) is 5.69 Å². The average Bonchev–Trinajstić information content (AvgIpc) is 3.09. The van der Waals surface area contributed by atoms with Crippen LogP contribution < -0.4 is 0 Å². The Morgan fingerprint density at radius 2 is 2.00 bits per heavy atom. The van der Waals surface area contributed by atoms with Gasteiger partial charge in [0.2, 0.25) is 0 Å². The van der Waals surface area contributed by atoms with Crippen molar-refractivity contribution >= 4 is 11.7 Å². The Hall–Kier alpha value is -1.95. The van der Waals surface area contributed by atoms with Crippen molar-refractivity contribution in [2.75, 3.05) is 0 Å². The fourth-order valence-corrected chi connectivity index (χ4v) is 2.11. The summed E-state index contributed by atoms with van der Waals surface area (Å²) >= 11 is 0. The maximum Gasteiger partial charge on any atom is 0.333 e. The second-order valence-corrected chi connectivity index (χ2v) is 4.17. The van der Waals surface area contributed by atoms with Crippen molar-refractivity contribution < 1.29 is 19.9 Å². The first-order valence-electron chi connectivity index (χ1n) is 5.14. The van der Waals surface area contributed by atoms with E-state index in [9.17, 15) is 20.0 Å². The third-order valence-corrected chi connectivity index (χ3v) is 3.18. The Morgan fingerprint density at radius 1 is 1.41 bits per heavy atom. The molecule has 0 radical (unpaired) electrons. The number of hydrogen-bond donors (Lipinski definition) is 2. The van der Waals surface area contributed by atoms with E-state index in [0.29, 0.717) is 18.4 Å². The summed E-state index contributed by atoms with van der Waals surface area (Å²) in [5, 5.41) is 29.3. The fourth-order valence-electron chi connectivity index (χ4n) is 2.11. The van der Waals surface area contributed by atoms with E-state index in [1.165, 1.54) is 18.2 Å². The summed E-state index contributed by atoms with van der Waals surface area (Å²) in [6.45, 7) is 0. The lowest BCUT2D eigenvalue weighted by molar-refractivity contribution is -0.386. The second kappa shape index (κ2) is 3.81. The highest BCUT2D eigenvalue weighted by atomic mass is 16.6. The molecule has 1 aliphatic carbocycles. The number of carbonyl (C=O) groups is 1. The Labute approximate surface area is 96.7 Å². The van der Waals surface area contributed by atoms with E-state index in [2.05, 4.69) is 0 Å². The highest BCUT2D eigenvalue weighted by molar-refractivity contribution is 5.76. The van der Waals surface area contributed by atoms with E-state index in [-0.39, 0.29) is 5.69 Å². The van der Waals surface area contributed by atoms with Gasteiger partial charge in [0.05, 0.1) is 4.92 Å². The summed E-state index contributed by atoms with van der Waals surface area (Å²) in [6.07, 6.45) is -0.694. The number of para-hydroxylation sites is 1. The summed E-state index contributed by atoms with van der Waals surface area (Å²) in [4.78, 5) is 21.1. The predicted molar refractivity (Wildman–Crippen MR) is 57.7 cm³/mol. The standard InChI is InChI=1S/C11H11NO5/c13-9(10(14)15)11(5-6-11)7-3-1-2-4-8(7)12(16)17/h1-4,9,13H,5-6H2,(H,14,15). The topological polar surface area (TPSA) is 101 Å². The lowest BCUT2D eigenvalue weighted by atomic mass is 9.88. The molecule has 0 aromatic heterocycles. The summed E-state index contributed by atoms with van der Waals surface area (Å²) < 4.78 is 0. The number of rotatable bonds is 4. The van der Waals surface area contributed by atoms with E-state index in [0.717, 1.165) is 0 Å². The van der Waals surface area contributed by atoms with Crippen LogP contribution in [0.25, 0.3) is 0 Å². The van der Waals surface area contributed by atoms with Crippen LogP contribution in [0, 0.1) is 10.1 Å². The van der Waals surface area contributed by atoms with Crippen LogP contribution >= 0.6 is 0 Å². The van der Waals surface area contributed by atoms with Gasteiger partial charge in [-0.05, 0) is 12.8 Å². The molecule has 0 spiro atoms. The lowest BCUT2D eigenvalue weighted by Crippen LogP contribution is -2.34. The van der Waals surface area contributed by atoms with Crippen molar-refractivity contribution in [1.82, 2.24) is 0 Å². The first-order chi connectivity index (χ1) is 7.99. The number of nitrogens with zero attached hydrogens (tertiary/aromatic N) is 1. The molecule has 0 aliphatic heterocycles. The molecule has 1 unspecified atom stereocenters. The predicted octanol–water partition coefficient (Wildman–Crippen LogP) is 1.07. The molecule has 2 rings (SSSR count). The molecule has 6 heteroatoms. The van der Waals surface area contributed by atoms with Gasteiger partial charge in [-0.15, -0.1) is 0 Å². The van der Waals surface area contributed by atoms with Gasteiger partial charge in [0.1, 0.15) is 0 Å². The minimum absolute atomic E-state index is 0.134. The molecule has 1 saturated carbocycles. The van der Waals surface area contributed by atoms with Gasteiger partial charge < -0.3 is 10.2 Å². The van der Waals surface area contributed by atoms with Crippen LogP contribution in [-0.4, -0.2) is 27.2 Å². The number of nitro benzene ring substituents is 1. The number of carboxylic acids is 1. The van der Waals surface area contributed by atoms with Crippen molar-refractivity contribution in [3.8, 4) is 0 Å². The van der Waals surface area contributed by atoms with Crippen molar-refractivity contribution in [2.45, 2.75) is 24.4 Å². The summed E-state index contributed by atoms with van der Waals surface area (Å²) in [5.74, 6) is -1.35. The molecule has 17 heavy (non-hydrogen) atoms. The van der Waals surface area contributed by atoms with Gasteiger partial charge in [0, 0.05) is 17.0 Å². The minimum Gasteiger partial charge on any atom is -0.479 e. The van der Waals surface area contributed by atoms with Gasteiger partial charge >= 0.3 is 5.97 Å². The molecule has 0 saturated heterocycles. The van der Waals surface area contributed by atoms with Gasteiger partial charge in [-0.25, -0.2) is 4.79 Å². The number of hydrogen-bond acceptors (Lipinski definition) is 4. The van der Waals surface area contributed by atoms with Crippen molar-refractivity contribution in [3.05, 3.63) is 39.9 Å². The van der Waals surface area contributed by atoms with E-state index in [1.54, 1.807) is 6.07 Å². The van der Waals surface area contributed by atoms with E-state index >= 15 is 0 Å². The van der Waals surface area contributed by atoms with E-state index in [4.69, 9.17) is 5.11 Å². The minimum atomic E-state index is -1.59. The maximum absolute atomic E-state index is 10.9. The average molecular weight is 237 g/mol. The van der Waals surface area contributed by atoms with Crippen LogP contribution in [0.15, 0.2) is 24.3 Å². The summed E-state index contributed by atoms with van der Waals surface area (Å²) in [5.41, 5.74) is -0.819. The molecule has 1 aliphatic rings. The second-order valence-electron chi connectivity index (χ2n) is 4.17. The SMILES string of the molecule is O=C(O)C(O)C1(c2ccccc2[N+](=O)[O-])CC1. The lowest BCUT2D eigenvalue weighted by Gasteiger charge is -2.18. The largest absolute Gasteiger partial charge is 0.479 e. The van der Waals surface area contributed by atoms with Crippen LogP contribution in [0.2, 0.25) is 0 Å². The summed E-state index contributed by atoms with van der Waals surface area (Å²) in [7, 11) is 0. The third kappa shape index (κ3) is 1.76. The third-order valence-electron chi connectivity index (χ3n) is 3.18. The van der Waals surface area contributed by atoms with Crippen LogP contribution in [0.1, 0.15) is 18.4 Å². The molecular weight excluding hydrogens is 226 g/mol. The van der Waals surface area contributed by atoms with Crippen LogP contribution in [0.3, 0.4) is 0 Å². The monoisotopic (exact) mass is 237 g/mol. The molecule has 0 bridgehead atoms. The summed E-state index contributed by atoms with van der Waals surface area (Å²) in [6, 6.07) is 5.96. The van der Waals surface area contributed by atoms with E-state index < -0.39 is 22.4 Å². The van der Waals surface area contributed by atoms with Crippen molar-refractivity contribution in [2.24, 2.45) is 0 Å². The zero-order valence-corrected chi connectivity index (χ0v) is 8.87. The van der Waals surface area contributed by atoms with Gasteiger partial charge in [0.25, 0.3) is 5.69 Å². The molecule has 1 atom stereocenters. The zero-order valence-electron chi connectivity index (χ0n) is 8.87. The number of aliphatic hydroxyl groups is 1. The molecule has 1 aromatic carbocycles. The molecule has 6 nitrogen and oxygen atoms in total. The molecule has 90 valence electrons. The Balaban J connectivity index is 2.47. The van der Waals surface area contributed by atoms with Gasteiger partial charge in [0.15, 0.2) is 6.10 Å². The molecule has 1 aromatic rings. The van der Waals surface area contributed by atoms with E-state index in [1.807, 2.05) is 0 Å². The van der Waals surface area contributed by atoms with Crippen molar-refractivity contribution in [1.29, 1.82) is 0 Å². The molecule has 0 amide bonds.